The third kappa shape index (κ3) is 5.05. The van der Waals surface area contributed by atoms with E-state index in [4.69, 9.17) is 16.6 Å². The van der Waals surface area contributed by atoms with E-state index in [2.05, 4.69) is 50.3 Å². The Morgan fingerprint density at radius 3 is 2.49 bits per heavy atom. The first-order chi connectivity index (χ1) is 19.0. The Morgan fingerprint density at radius 1 is 1.00 bits per heavy atom. The van der Waals surface area contributed by atoms with Crippen LogP contribution in [0.2, 0.25) is 5.02 Å². The van der Waals surface area contributed by atoms with E-state index >= 15 is 0 Å². The van der Waals surface area contributed by atoms with Gasteiger partial charge in [-0.05, 0) is 50.4 Å². The minimum absolute atomic E-state index is 0.140. The van der Waals surface area contributed by atoms with Gasteiger partial charge in [-0.3, -0.25) is 14.4 Å². The standard InChI is InChI=1S/C30H30ClN7O/c1-3-38-28-21(17-25(29(38)39)24-11-6-20(18-26(24)31)27-5-4-12-32-27)19-33-30(35-28)34-22-7-9-23(10-8-22)37-15-13-36(2)14-16-37/h5-12,17-19H,3-4,13-16H2,1-2H3,(H,33,34,35). The molecule has 0 saturated carbocycles. The number of rotatable bonds is 6. The molecule has 0 aliphatic carbocycles. The normalized spacial score (nSPS) is 15.7. The number of allylic oxidation sites excluding steroid dienone is 1. The molecular weight excluding hydrogens is 510 g/mol. The molecule has 4 aromatic rings. The molecular formula is C30H30ClN7O. The summed E-state index contributed by atoms with van der Waals surface area (Å²) in [6.07, 6.45) is 6.49. The molecule has 0 radical (unpaired) electrons. The van der Waals surface area contributed by atoms with E-state index in [0.29, 0.717) is 34.3 Å². The lowest BCUT2D eigenvalue weighted by molar-refractivity contribution is 0.313. The first-order valence-corrected chi connectivity index (χ1v) is 13.6. The summed E-state index contributed by atoms with van der Waals surface area (Å²) in [4.78, 5) is 32.0. The first-order valence-electron chi connectivity index (χ1n) is 13.2. The zero-order valence-corrected chi connectivity index (χ0v) is 22.8. The van der Waals surface area contributed by atoms with Crippen LogP contribution in [0.15, 0.2) is 70.6 Å². The van der Waals surface area contributed by atoms with E-state index in [1.165, 1.54) is 5.69 Å². The number of nitrogens with one attached hydrogen (secondary N) is 1. The molecule has 2 aliphatic rings. The van der Waals surface area contributed by atoms with E-state index in [1.54, 1.807) is 10.8 Å². The fourth-order valence-electron chi connectivity index (χ4n) is 5.11. The van der Waals surface area contributed by atoms with Crippen LogP contribution in [0.4, 0.5) is 17.3 Å². The Labute approximate surface area is 232 Å². The number of aliphatic imine (C=N–C) groups is 1. The number of piperazine rings is 1. The van der Waals surface area contributed by atoms with Crippen LogP contribution in [0.1, 0.15) is 18.9 Å². The average molecular weight is 540 g/mol. The summed E-state index contributed by atoms with van der Waals surface area (Å²) >= 11 is 6.67. The number of aromatic nitrogens is 3. The molecule has 2 aliphatic heterocycles. The van der Waals surface area contributed by atoms with Gasteiger partial charge in [-0.1, -0.05) is 29.8 Å². The van der Waals surface area contributed by atoms with Gasteiger partial charge in [0.05, 0.1) is 5.70 Å². The number of hydrogen-bond donors (Lipinski definition) is 1. The number of halogens is 1. The fraction of sp³-hybridized carbons (Fsp3) is 0.267. The van der Waals surface area contributed by atoms with E-state index in [9.17, 15) is 4.79 Å². The molecule has 8 nitrogen and oxygen atoms in total. The second-order valence-corrected chi connectivity index (χ2v) is 10.3. The molecule has 0 atom stereocenters. The van der Waals surface area contributed by atoms with Crippen molar-refractivity contribution in [3.63, 3.8) is 0 Å². The van der Waals surface area contributed by atoms with Crippen LogP contribution in [0, 0.1) is 0 Å². The minimum Gasteiger partial charge on any atom is -0.369 e. The fourth-order valence-corrected chi connectivity index (χ4v) is 5.39. The van der Waals surface area contributed by atoms with Crippen LogP contribution in [0.5, 0.6) is 0 Å². The number of benzene rings is 2. The molecule has 0 bridgehead atoms. The van der Waals surface area contributed by atoms with Crippen LogP contribution in [-0.4, -0.2) is 58.9 Å². The van der Waals surface area contributed by atoms with Gasteiger partial charge < -0.3 is 15.1 Å². The molecule has 1 N–H and O–H groups in total. The van der Waals surface area contributed by atoms with Gasteiger partial charge in [-0.15, -0.1) is 0 Å². The summed E-state index contributed by atoms with van der Waals surface area (Å²) in [7, 11) is 2.16. The molecule has 0 amide bonds. The van der Waals surface area contributed by atoms with Crippen LogP contribution in [-0.2, 0) is 6.54 Å². The van der Waals surface area contributed by atoms with Crippen molar-refractivity contribution in [1.82, 2.24) is 19.4 Å². The van der Waals surface area contributed by atoms with Crippen molar-refractivity contribution in [3.05, 3.63) is 81.7 Å². The summed E-state index contributed by atoms with van der Waals surface area (Å²) in [6.45, 7) is 6.58. The summed E-state index contributed by atoms with van der Waals surface area (Å²) < 4.78 is 1.67. The van der Waals surface area contributed by atoms with E-state index in [1.807, 2.05) is 49.5 Å². The van der Waals surface area contributed by atoms with Crippen molar-refractivity contribution in [3.8, 4) is 11.1 Å². The Morgan fingerprint density at radius 2 is 1.79 bits per heavy atom. The summed E-state index contributed by atoms with van der Waals surface area (Å²) in [5.74, 6) is 0.442. The molecule has 9 heteroatoms. The van der Waals surface area contributed by atoms with Gasteiger partial charge in [0, 0.05) is 90.0 Å². The maximum absolute atomic E-state index is 13.6. The highest BCUT2D eigenvalue weighted by molar-refractivity contribution is 6.33. The average Bonchev–Trinajstić information content (AvgIpc) is 3.49. The second kappa shape index (κ2) is 10.6. The Kier molecular flexibility index (Phi) is 6.89. The number of fused-ring (bicyclic) bond motifs is 1. The second-order valence-electron chi connectivity index (χ2n) is 9.87. The Balaban J connectivity index is 1.28. The van der Waals surface area contributed by atoms with Crippen molar-refractivity contribution >= 4 is 51.9 Å². The van der Waals surface area contributed by atoms with Crippen LogP contribution < -0.4 is 15.8 Å². The quantitative estimate of drug-likeness (QED) is 0.351. The maximum atomic E-state index is 13.6. The van der Waals surface area contributed by atoms with Gasteiger partial charge in [0.15, 0.2) is 0 Å². The largest absolute Gasteiger partial charge is 0.369 e. The van der Waals surface area contributed by atoms with Crippen molar-refractivity contribution in [1.29, 1.82) is 0 Å². The van der Waals surface area contributed by atoms with Gasteiger partial charge in [-0.25, -0.2) is 4.98 Å². The van der Waals surface area contributed by atoms with Gasteiger partial charge >= 0.3 is 0 Å². The number of anilines is 3. The molecule has 6 rings (SSSR count). The lowest BCUT2D eigenvalue weighted by atomic mass is 10.0. The SMILES string of the molecule is CCn1c(=O)c(-c2ccc(C3=CCC=N3)cc2Cl)cc2cnc(Nc3ccc(N4CCN(C)CC4)cc3)nc21. The molecule has 1 saturated heterocycles. The third-order valence-electron chi connectivity index (χ3n) is 7.34. The van der Waals surface area contributed by atoms with Crippen molar-refractivity contribution in [2.45, 2.75) is 19.9 Å². The van der Waals surface area contributed by atoms with E-state index < -0.39 is 0 Å². The molecule has 1 fully saturated rings. The van der Waals surface area contributed by atoms with Crippen molar-refractivity contribution in [2.24, 2.45) is 4.99 Å². The highest BCUT2D eigenvalue weighted by atomic mass is 35.5. The maximum Gasteiger partial charge on any atom is 0.260 e. The topological polar surface area (TPSA) is 78.7 Å². The first kappa shape index (κ1) is 25.3. The smallest absolute Gasteiger partial charge is 0.260 e. The van der Waals surface area contributed by atoms with Crippen molar-refractivity contribution in [2.75, 3.05) is 43.4 Å². The van der Waals surface area contributed by atoms with E-state index in [-0.39, 0.29) is 5.56 Å². The number of nitrogens with zero attached hydrogens (tertiary/aromatic N) is 6. The van der Waals surface area contributed by atoms with Gasteiger partial charge in [0.1, 0.15) is 5.65 Å². The zero-order valence-electron chi connectivity index (χ0n) is 22.1. The highest BCUT2D eigenvalue weighted by Crippen LogP contribution is 2.32. The minimum atomic E-state index is -0.140. The van der Waals surface area contributed by atoms with Gasteiger partial charge in [-0.2, -0.15) is 4.98 Å². The monoisotopic (exact) mass is 539 g/mol. The zero-order chi connectivity index (χ0) is 26.9. The molecule has 39 heavy (non-hydrogen) atoms. The molecule has 0 spiro atoms. The predicted octanol–water partition coefficient (Wildman–Crippen LogP) is 5.44. The number of likely N-dealkylation sites (N-methyl/N-ethyl adjacent to an activating group) is 1. The Bertz CT molecular complexity index is 1650. The lowest BCUT2D eigenvalue weighted by Crippen LogP contribution is -2.44. The number of aryl methyl sites for hydroxylation is 1. The summed E-state index contributed by atoms with van der Waals surface area (Å²) in [6, 6.07) is 15.8. The number of hydrogen-bond acceptors (Lipinski definition) is 7. The van der Waals surface area contributed by atoms with Crippen LogP contribution in [0.3, 0.4) is 0 Å². The van der Waals surface area contributed by atoms with Crippen molar-refractivity contribution < 1.29 is 0 Å². The van der Waals surface area contributed by atoms with E-state index in [0.717, 1.165) is 54.9 Å². The Hall–Kier alpha value is -4.01. The summed E-state index contributed by atoms with van der Waals surface area (Å²) in [5, 5.41) is 4.57. The molecule has 2 aromatic carbocycles. The number of pyridine rings is 1. The molecule has 198 valence electrons. The van der Waals surface area contributed by atoms with Gasteiger partial charge in [0.25, 0.3) is 5.56 Å². The summed E-state index contributed by atoms with van der Waals surface area (Å²) in [5.41, 5.74) is 5.57. The van der Waals surface area contributed by atoms with Crippen LogP contribution in [0.25, 0.3) is 27.9 Å². The van der Waals surface area contributed by atoms with Crippen LogP contribution >= 0.6 is 11.6 Å². The third-order valence-corrected chi connectivity index (χ3v) is 7.65. The predicted molar refractivity (Wildman–Crippen MR) is 160 cm³/mol. The van der Waals surface area contributed by atoms with Gasteiger partial charge in [0.2, 0.25) is 5.95 Å². The molecule has 0 unspecified atom stereocenters. The molecule has 2 aromatic heterocycles. The highest BCUT2D eigenvalue weighted by Gasteiger charge is 2.17. The lowest BCUT2D eigenvalue weighted by Gasteiger charge is -2.34. The molecule has 4 heterocycles.